The van der Waals surface area contributed by atoms with Gasteiger partial charge in [-0.1, -0.05) is 11.8 Å². The van der Waals surface area contributed by atoms with Crippen LogP contribution in [-0.2, 0) is 4.79 Å². The van der Waals surface area contributed by atoms with E-state index in [2.05, 4.69) is 23.8 Å². The number of fused-ring (bicyclic) bond motifs is 1. The Morgan fingerprint density at radius 3 is 2.59 bits per heavy atom. The van der Waals surface area contributed by atoms with Crippen molar-refractivity contribution in [2.45, 2.75) is 50.8 Å². The first-order chi connectivity index (χ1) is 10.5. The second-order valence-corrected chi connectivity index (χ2v) is 8.36. The number of carbonyl (C=O) groups excluding carboxylic acids is 1. The van der Waals surface area contributed by atoms with Gasteiger partial charge in [-0.3, -0.25) is 4.79 Å². The predicted molar refractivity (Wildman–Crippen MR) is 92.8 cm³/mol. The molecule has 118 valence electrons. The predicted octanol–water partition coefficient (Wildman–Crippen LogP) is 3.72. The maximum atomic E-state index is 12.5. The number of carbonyl (C=O) groups is 1. The van der Waals surface area contributed by atoms with Gasteiger partial charge in [0.2, 0.25) is 5.91 Å². The van der Waals surface area contributed by atoms with E-state index in [-0.39, 0.29) is 11.2 Å². The zero-order chi connectivity index (χ0) is 15.9. The molecule has 4 nitrogen and oxygen atoms in total. The number of likely N-dealkylation sites (tertiary alicyclic amines) is 1. The van der Waals surface area contributed by atoms with Crippen molar-refractivity contribution in [2.75, 3.05) is 13.1 Å². The van der Waals surface area contributed by atoms with Crippen LogP contribution in [0.4, 0.5) is 0 Å². The summed E-state index contributed by atoms with van der Waals surface area (Å²) >= 11 is 3.28. The molecule has 1 fully saturated rings. The molecule has 0 aliphatic carbocycles. The van der Waals surface area contributed by atoms with Crippen molar-refractivity contribution < 1.29 is 4.79 Å². The average molecular weight is 335 g/mol. The minimum Gasteiger partial charge on any atom is -0.342 e. The zero-order valence-electron chi connectivity index (χ0n) is 13.5. The zero-order valence-corrected chi connectivity index (χ0v) is 15.1. The van der Waals surface area contributed by atoms with Crippen LogP contribution in [0.2, 0.25) is 0 Å². The lowest BCUT2D eigenvalue weighted by Gasteiger charge is -2.20. The third-order valence-electron chi connectivity index (χ3n) is 4.16. The van der Waals surface area contributed by atoms with E-state index in [1.165, 1.54) is 10.4 Å². The van der Waals surface area contributed by atoms with Gasteiger partial charge in [-0.2, -0.15) is 0 Å². The van der Waals surface area contributed by atoms with E-state index >= 15 is 0 Å². The van der Waals surface area contributed by atoms with E-state index in [0.29, 0.717) is 0 Å². The van der Waals surface area contributed by atoms with Crippen molar-refractivity contribution in [3.63, 3.8) is 0 Å². The van der Waals surface area contributed by atoms with Crippen LogP contribution in [-0.4, -0.2) is 39.1 Å². The van der Waals surface area contributed by atoms with Crippen LogP contribution in [0, 0.1) is 20.8 Å². The second kappa shape index (κ2) is 6.16. The van der Waals surface area contributed by atoms with Gasteiger partial charge in [0.05, 0.1) is 5.25 Å². The molecule has 0 bridgehead atoms. The first-order valence-electron chi connectivity index (χ1n) is 7.67. The van der Waals surface area contributed by atoms with Gasteiger partial charge in [-0.05, 0) is 46.1 Å². The number of hydrogen-bond donors (Lipinski definition) is 0. The summed E-state index contributed by atoms with van der Waals surface area (Å²) in [4.78, 5) is 26.0. The van der Waals surface area contributed by atoms with Gasteiger partial charge in [0, 0.05) is 23.4 Å². The highest BCUT2D eigenvalue weighted by Gasteiger charge is 2.25. The van der Waals surface area contributed by atoms with E-state index < -0.39 is 0 Å². The van der Waals surface area contributed by atoms with Gasteiger partial charge < -0.3 is 4.90 Å². The lowest BCUT2D eigenvalue weighted by atomic mass is 10.2. The van der Waals surface area contributed by atoms with Crippen molar-refractivity contribution in [2.24, 2.45) is 0 Å². The van der Waals surface area contributed by atoms with E-state index in [0.717, 1.165) is 47.0 Å². The Morgan fingerprint density at radius 2 is 1.91 bits per heavy atom. The standard InChI is InChI=1S/C16H21N3OS2/c1-9-10(2)21-14-13(9)15(18-12(4)17-14)22-11(3)16(20)19-7-5-6-8-19/h11H,5-8H2,1-4H3/t11-/m0/s1. The topological polar surface area (TPSA) is 46.1 Å². The number of aromatic nitrogens is 2. The van der Waals surface area contributed by atoms with Gasteiger partial charge in [0.1, 0.15) is 15.7 Å². The van der Waals surface area contributed by atoms with Crippen LogP contribution in [0.3, 0.4) is 0 Å². The number of thiophene rings is 1. The van der Waals surface area contributed by atoms with Gasteiger partial charge in [-0.15, -0.1) is 11.3 Å². The van der Waals surface area contributed by atoms with Crippen LogP contribution in [0.15, 0.2) is 5.03 Å². The smallest absolute Gasteiger partial charge is 0.235 e. The third-order valence-corrected chi connectivity index (χ3v) is 6.34. The van der Waals surface area contributed by atoms with Crippen molar-refractivity contribution in [1.29, 1.82) is 0 Å². The SMILES string of the molecule is Cc1nc(S[C@@H](C)C(=O)N2CCCC2)c2c(C)c(C)sc2n1. The number of amides is 1. The highest BCUT2D eigenvalue weighted by molar-refractivity contribution is 8.00. The molecule has 1 amide bonds. The Bertz CT molecular complexity index is 720. The van der Waals surface area contributed by atoms with E-state index in [1.54, 1.807) is 23.1 Å². The van der Waals surface area contributed by atoms with E-state index in [4.69, 9.17) is 0 Å². The van der Waals surface area contributed by atoms with E-state index in [1.807, 2.05) is 18.7 Å². The molecule has 2 aromatic heterocycles. The van der Waals surface area contributed by atoms with Gasteiger partial charge in [-0.25, -0.2) is 9.97 Å². The molecule has 1 atom stereocenters. The second-order valence-electron chi connectivity index (χ2n) is 5.83. The molecule has 1 saturated heterocycles. The van der Waals surface area contributed by atoms with Crippen LogP contribution >= 0.6 is 23.1 Å². The lowest BCUT2D eigenvalue weighted by Crippen LogP contribution is -2.34. The number of hydrogen-bond acceptors (Lipinski definition) is 5. The highest BCUT2D eigenvalue weighted by Crippen LogP contribution is 2.37. The summed E-state index contributed by atoms with van der Waals surface area (Å²) in [6.45, 7) is 9.94. The number of nitrogens with zero attached hydrogens (tertiary/aromatic N) is 3. The minimum absolute atomic E-state index is 0.102. The Labute approximate surface area is 139 Å². The summed E-state index contributed by atoms with van der Waals surface area (Å²) in [5.41, 5.74) is 1.24. The normalized spacial score (nSPS) is 16.5. The van der Waals surface area contributed by atoms with E-state index in [9.17, 15) is 4.79 Å². The Morgan fingerprint density at radius 1 is 1.23 bits per heavy atom. The van der Waals surface area contributed by atoms with Crippen molar-refractivity contribution in [1.82, 2.24) is 14.9 Å². The molecule has 3 heterocycles. The molecular weight excluding hydrogens is 314 g/mol. The maximum Gasteiger partial charge on any atom is 0.235 e. The molecule has 0 saturated carbocycles. The number of thioether (sulfide) groups is 1. The largest absolute Gasteiger partial charge is 0.342 e. The number of aryl methyl sites for hydroxylation is 3. The summed E-state index contributed by atoms with van der Waals surface area (Å²) in [6, 6.07) is 0. The molecule has 0 radical (unpaired) electrons. The Kier molecular flexibility index (Phi) is 4.41. The summed E-state index contributed by atoms with van der Waals surface area (Å²) in [5.74, 6) is 1.01. The molecule has 3 rings (SSSR count). The molecule has 22 heavy (non-hydrogen) atoms. The van der Waals surface area contributed by atoms with Crippen LogP contribution in [0.25, 0.3) is 10.2 Å². The molecule has 2 aromatic rings. The van der Waals surface area contributed by atoms with Crippen LogP contribution in [0.5, 0.6) is 0 Å². The third kappa shape index (κ3) is 2.86. The molecule has 0 N–H and O–H groups in total. The quantitative estimate of drug-likeness (QED) is 0.633. The molecule has 1 aliphatic rings. The fourth-order valence-corrected chi connectivity index (χ4v) is 5.09. The summed E-state index contributed by atoms with van der Waals surface area (Å²) in [5, 5.41) is 1.97. The summed E-state index contributed by atoms with van der Waals surface area (Å²) < 4.78 is 0. The summed E-state index contributed by atoms with van der Waals surface area (Å²) in [7, 11) is 0. The average Bonchev–Trinajstić information content (AvgIpc) is 3.07. The maximum absolute atomic E-state index is 12.5. The fourth-order valence-electron chi connectivity index (χ4n) is 2.81. The molecule has 0 unspecified atom stereocenters. The monoisotopic (exact) mass is 335 g/mol. The molecule has 0 aromatic carbocycles. The van der Waals surface area contributed by atoms with Crippen LogP contribution in [0.1, 0.15) is 36.0 Å². The van der Waals surface area contributed by atoms with Crippen molar-refractivity contribution in [3.05, 3.63) is 16.3 Å². The fraction of sp³-hybridized carbons (Fsp3) is 0.562. The first kappa shape index (κ1) is 15.7. The minimum atomic E-state index is -0.102. The highest BCUT2D eigenvalue weighted by atomic mass is 32.2. The Hall–Kier alpha value is -1.14. The van der Waals surface area contributed by atoms with Crippen molar-refractivity contribution >= 4 is 39.2 Å². The molecule has 0 spiro atoms. The lowest BCUT2D eigenvalue weighted by molar-refractivity contribution is -0.129. The van der Waals surface area contributed by atoms with Gasteiger partial charge in [0.25, 0.3) is 0 Å². The molecular formula is C16H21N3OS2. The van der Waals surface area contributed by atoms with Gasteiger partial charge in [0.15, 0.2) is 0 Å². The van der Waals surface area contributed by atoms with Crippen LogP contribution < -0.4 is 0 Å². The Balaban J connectivity index is 1.91. The number of rotatable bonds is 3. The van der Waals surface area contributed by atoms with Crippen molar-refractivity contribution in [3.8, 4) is 0 Å². The van der Waals surface area contributed by atoms with Gasteiger partial charge >= 0.3 is 0 Å². The first-order valence-corrected chi connectivity index (χ1v) is 9.36. The summed E-state index contributed by atoms with van der Waals surface area (Å²) in [6.07, 6.45) is 2.26. The molecule has 1 aliphatic heterocycles. The molecule has 6 heteroatoms.